The largest absolute Gasteiger partial charge is 0.456 e. The lowest BCUT2D eigenvalue weighted by atomic mass is 9.93. The van der Waals surface area contributed by atoms with Crippen LogP contribution in [0.1, 0.15) is 5.56 Å². The first-order valence-corrected chi connectivity index (χ1v) is 7.72. The lowest BCUT2D eigenvalue weighted by Gasteiger charge is -2.22. The third-order valence-corrected chi connectivity index (χ3v) is 4.69. The predicted octanol–water partition coefficient (Wildman–Crippen LogP) is 4.29. The monoisotopic (exact) mass is 299 g/mol. The third kappa shape index (κ3) is 1.59. The Kier molecular flexibility index (Phi) is 2.35. The quantitative estimate of drug-likeness (QED) is 0.399. The van der Waals surface area contributed by atoms with E-state index in [0.29, 0.717) is 0 Å². The average Bonchev–Trinajstić information content (AvgIpc) is 2.57. The van der Waals surface area contributed by atoms with E-state index in [2.05, 4.69) is 46.8 Å². The standard InChI is InChI=1S/C20H15N2O/c1-12-14-7-4-3-6-13(14)10-17-18(12)20-19-15(21-11-22(20)2)8-5-9-16(19)23-17/h3-11H,1-2H3/q+1. The molecule has 0 saturated heterocycles. The molecule has 1 aliphatic heterocycles. The van der Waals surface area contributed by atoms with Gasteiger partial charge in [-0.25, -0.2) is 4.57 Å². The Bertz CT molecular complexity index is 1120. The number of hydrogen-bond donors (Lipinski definition) is 0. The van der Waals surface area contributed by atoms with Crippen LogP contribution in [0.5, 0.6) is 11.5 Å². The first-order valence-electron chi connectivity index (χ1n) is 7.72. The smallest absolute Gasteiger partial charge is 0.287 e. The van der Waals surface area contributed by atoms with Crippen molar-refractivity contribution in [2.75, 3.05) is 0 Å². The molecule has 0 radical (unpaired) electrons. The number of ether oxygens (including phenoxy) is 1. The molecule has 0 N–H and O–H groups in total. The van der Waals surface area contributed by atoms with Gasteiger partial charge in [0, 0.05) is 0 Å². The van der Waals surface area contributed by atoms with Gasteiger partial charge in [-0.15, -0.1) is 0 Å². The molecule has 2 heterocycles. The van der Waals surface area contributed by atoms with Crippen molar-refractivity contribution in [1.29, 1.82) is 0 Å². The molecule has 3 nitrogen and oxygen atoms in total. The summed E-state index contributed by atoms with van der Waals surface area (Å²) in [6.07, 6.45) is 1.88. The van der Waals surface area contributed by atoms with E-state index in [1.54, 1.807) is 0 Å². The molecular formula is C20H15N2O+. The van der Waals surface area contributed by atoms with Gasteiger partial charge in [0.1, 0.15) is 16.9 Å². The fourth-order valence-electron chi connectivity index (χ4n) is 3.62. The summed E-state index contributed by atoms with van der Waals surface area (Å²) in [7, 11) is 2.04. The summed E-state index contributed by atoms with van der Waals surface area (Å²) in [5.74, 6) is 1.80. The Morgan fingerprint density at radius 2 is 1.87 bits per heavy atom. The number of rotatable bonds is 0. The van der Waals surface area contributed by atoms with Crippen molar-refractivity contribution in [3.8, 4) is 22.8 Å². The molecule has 0 amide bonds. The summed E-state index contributed by atoms with van der Waals surface area (Å²) in [6.45, 7) is 2.17. The van der Waals surface area contributed by atoms with Crippen molar-refractivity contribution < 1.29 is 9.30 Å². The Morgan fingerprint density at radius 1 is 1.00 bits per heavy atom. The van der Waals surface area contributed by atoms with Gasteiger partial charge in [0.05, 0.1) is 12.6 Å². The molecule has 0 saturated carbocycles. The highest BCUT2D eigenvalue weighted by atomic mass is 16.5. The highest BCUT2D eigenvalue weighted by Gasteiger charge is 2.29. The van der Waals surface area contributed by atoms with E-state index in [1.807, 2.05) is 31.6 Å². The number of fused-ring (bicyclic) bond motifs is 3. The van der Waals surface area contributed by atoms with E-state index >= 15 is 0 Å². The average molecular weight is 299 g/mol. The molecule has 4 aromatic rings. The van der Waals surface area contributed by atoms with Crippen LogP contribution in [0.2, 0.25) is 0 Å². The van der Waals surface area contributed by atoms with Gasteiger partial charge in [0.2, 0.25) is 0 Å². The van der Waals surface area contributed by atoms with E-state index in [0.717, 1.165) is 28.0 Å². The normalized spacial score (nSPS) is 12.3. The molecule has 0 spiro atoms. The summed E-state index contributed by atoms with van der Waals surface area (Å²) in [4.78, 5) is 4.53. The molecule has 0 fully saturated rings. The Morgan fingerprint density at radius 3 is 2.78 bits per heavy atom. The van der Waals surface area contributed by atoms with Gasteiger partial charge in [-0.05, 0) is 46.4 Å². The van der Waals surface area contributed by atoms with Crippen molar-refractivity contribution >= 4 is 21.7 Å². The SMILES string of the molecule is Cc1c2c(cc3ccccc13)Oc1cccc3nc[n+](C)c-2c13. The second-order valence-electron chi connectivity index (χ2n) is 6.05. The lowest BCUT2D eigenvalue weighted by Crippen LogP contribution is -2.32. The van der Waals surface area contributed by atoms with Crippen molar-refractivity contribution in [2.24, 2.45) is 7.05 Å². The number of hydrogen-bond acceptors (Lipinski definition) is 2. The summed E-state index contributed by atoms with van der Waals surface area (Å²) in [5.41, 5.74) is 4.55. The highest BCUT2D eigenvalue weighted by molar-refractivity contribution is 6.04. The molecule has 1 aliphatic rings. The van der Waals surface area contributed by atoms with Crippen LogP contribution in [0.15, 0.2) is 54.9 Å². The predicted molar refractivity (Wildman–Crippen MR) is 90.7 cm³/mol. The zero-order valence-electron chi connectivity index (χ0n) is 13.0. The van der Waals surface area contributed by atoms with Crippen LogP contribution < -0.4 is 9.30 Å². The summed E-state index contributed by atoms with van der Waals surface area (Å²) in [6, 6.07) is 16.6. The molecule has 0 bridgehead atoms. The molecule has 5 rings (SSSR count). The van der Waals surface area contributed by atoms with Crippen LogP contribution in [-0.2, 0) is 7.05 Å². The Balaban J connectivity index is 2.02. The van der Waals surface area contributed by atoms with Crippen molar-refractivity contribution in [2.45, 2.75) is 6.92 Å². The summed E-state index contributed by atoms with van der Waals surface area (Å²) in [5, 5.41) is 3.55. The maximum atomic E-state index is 6.24. The maximum Gasteiger partial charge on any atom is 0.287 e. The van der Waals surface area contributed by atoms with E-state index < -0.39 is 0 Å². The van der Waals surface area contributed by atoms with Crippen LogP contribution in [0.3, 0.4) is 0 Å². The number of nitrogens with zero attached hydrogens (tertiary/aromatic N) is 2. The second kappa shape index (κ2) is 4.29. The second-order valence-corrected chi connectivity index (χ2v) is 6.05. The molecule has 110 valence electrons. The van der Waals surface area contributed by atoms with Crippen LogP contribution >= 0.6 is 0 Å². The molecular weight excluding hydrogens is 284 g/mol. The maximum absolute atomic E-state index is 6.24. The minimum atomic E-state index is 0.878. The summed E-state index contributed by atoms with van der Waals surface area (Å²) < 4.78 is 8.33. The van der Waals surface area contributed by atoms with E-state index in [4.69, 9.17) is 4.74 Å². The van der Waals surface area contributed by atoms with Crippen LogP contribution in [0.4, 0.5) is 0 Å². The highest BCUT2D eigenvalue weighted by Crippen LogP contribution is 2.47. The Labute approximate surface area is 133 Å². The van der Waals surface area contributed by atoms with Crippen molar-refractivity contribution in [3.05, 3.63) is 60.4 Å². The van der Waals surface area contributed by atoms with Crippen LogP contribution in [0.25, 0.3) is 32.9 Å². The molecule has 3 aromatic carbocycles. The minimum Gasteiger partial charge on any atom is -0.456 e. The number of aryl methyl sites for hydroxylation is 2. The van der Waals surface area contributed by atoms with Crippen molar-refractivity contribution in [1.82, 2.24) is 4.98 Å². The molecule has 1 aromatic heterocycles. The van der Waals surface area contributed by atoms with Gasteiger partial charge < -0.3 is 4.74 Å². The fraction of sp³-hybridized carbons (Fsp3) is 0.100. The zero-order chi connectivity index (χ0) is 15.6. The third-order valence-electron chi connectivity index (χ3n) is 4.69. The van der Waals surface area contributed by atoms with Gasteiger partial charge in [-0.3, -0.25) is 0 Å². The first kappa shape index (κ1) is 12.6. The van der Waals surface area contributed by atoms with Gasteiger partial charge in [-0.2, -0.15) is 0 Å². The number of benzene rings is 3. The molecule has 0 atom stereocenters. The first-order chi connectivity index (χ1) is 11.2. The van der Waals surface area contributed by atoms with Crippen molar-refractivity contribution in [3.63, 3.8) is 0 Å². The minimum absolute atomic E-state index is 0.878. The van der Waals surface area contributed by atoms with Gasteiger partial charge in [0.15, 0.2) is 11.2 Å². The molecule has 3 heteroatoms. The Hall–Kier alpha value is -2.94. The molecule has 23 heavy (non-hydrogen) atoms. The van der Waals surface area contributed by atoms with Gasteiger partial charge >= 0.3 is 0 Å². The lowest BCUT2D eigenvalue weighted by molar-refractivity contribution is -0.662. The summed E-state index contributed by atoms with van der Waals surface area (Å²) >= 11 is 0. The van der Waals surface area contributed by atoms with Gasteiger partial charge in [-0.1, -0.05) is 30.3 Å². The van der Waals surface area contributed by atoms with Crippen LogP contribution in [0, 0.1) is 6.92 Å². The van der Waals surface area contributed by atoms with Gasteiger partial charge in [0.25, 0.3) is 6.33 Å². The topological polar surface area (TPSA) is 26.0 Å². The molecule has 0 aliphatic carbocycles. The van der Waals surface area contributed by atoms with E-state index in [-0.39, 0.29) is 0 Å². The fourth-order valence-corrected chi connectivity index (χ4v) is 3.62. The van der Waals surface area contributed by atoms with E-state index in [1.165, 1.54) is 22.0 Å². The van der Waals surface area contributed by atoms with Crippen LogP contribution in [-0.4, -0.2) is 4.98 Å². The molecule has 0 unspecified atom stereocenters. The zero-order valence-corrected chi connectivity index (χ0v) is 13.0. The number of aromatic nitrogens is 2. The van der Waals surface area contributed by atoms with E-state index in [9.17, 15) is 0 Å².